The Balaban J connectivity index is 1.15. The van der Waals surface area contributed by atoms with Crippen molar-refractivity contribution < 1.29 is 9.63 Å². The minimum Gasteiger partial charge on any atom is -0.394 e. The van der Waals surface area contributed by atoms with Gasteiger partial charge < -0.3 is 25.2 Å². The number of rotatable bonds is 8. The molecule has 12 heteroatoms. The van der Waals surface area contributed by atoms with Crippen molar-refractivity contribution in [2.75, 3.05) is 36.9 Å². The van der Waals surface area contributed by atoms with E-state index in [9.17, 15) is 9.90 Å². The van der Waals surface area contributed by atoms with E-state index < -0.39 is 6.04 Å². The second kappa shape index (κ2) is 10.7. The number of hydrogen-bond donors (Lipinski definition) is 3. The Kier molecular flexibility index (Phi) is 6.53. The van der Waals surface area contributed by atoms with E-state index in [2.05, 4.69) is 31.8 Å². The van der Waals surface area contributed by atoms with Crippen LogP contribution in [-0.4, -0.2) is 65.7 Å². The molecule has 7 heterocycles. The summed E-state index contributed by atoms with van der Waals surface area (Å²) in [5.74, 6) is 1.89. The summed E-state index contributed by atoms with van der Waals surface area (Å²) in [5.41, 5.74) is 3.00. The van der Waals surface area contributed by atoms with Gasteiger partial charge in [0.25, 0.3) is 11.4 Å². The summed E-state index contributed by atoms with van der Waals surface area (Å²) in [7, 11) is 0. The molecule has 0 spiro atoms. The molecule has 0 radical (unpaired) electrons. The van der Waals surface area contributed by atoms with Gasteiger partial charge in [-0.05, 0) is 62.7 Å². The molecule has 3 N–H and O–H groups in total. The predicted molar refractivity (Wildman–Crippen MR) is 166 cm³/mol. The topological polar surface area (TPSA) is 139 Å². The van der Waals surface area contributed by atoms with Crippen LogP contribution in [0, 0.1) is 0 Å². The summed E-state index contributed by atoms with van der Waals surface area (Å²) in [5, 5.41) is 22.2. The number of allylic oxidation sites excluding steroid dienone is 2. The first-order chi connectivity index (χ1) is 21.6. The highest BCUT2D eigenvalue weighted by molar-refractivity contribution is 5.83. The van der Waals surface area contributed by atoms with Gasteiger partial charge in [0.05, 0.1) is 36.6 Å². The fourth-order valence-electron chi connectivity index (χ4n) is 6.74. The molecule has 0 saturated carbocycles. The molecule has 224 valence electrons. The number of nitrogens with one attached hydrogen (secondary N) is 2. The third-order valence-corrected chi connectivity index (χ3v) is 9.35. The highest BCUT2D eigenvalue weighted by atomic mass is 16.5. The lowest BCUT2D eigenvalue weighted by molar-refractivity contribution is 0.0747. The number of fused-ring (bicyclic) bond motifs is 6. The van der Waals surface area contributed by atoms with Gasteiger partial charge in [-0.2, -0.15) is 9.97 Å². The van der Waals surface area contributed by atoms with Gasteiger partial charge in [-0.25, -0.2) is 9.67 Å². The van der Waals surface area contributed by atoms with Crippen LogP contribution in [0.1, 0.15) is 36.7 Å². The van der Waals surface area contributed by atoms with Crippen LogP contribution in [0.5, 0.6) is 0 Å². The zero-order valence-electron chi connectivity index (χ0n) is 24.2. The number of nitrogens with zero attached hydrogens (tertiary/aromatic N) is 7. The van der Waals surface area contributed by atoms with Crippen LogP contribution in [0.4, 0.5) is 17.5 Å². The number of aliphatic hydroxyl groups excluding tert-OH is 1. The van der Waals surface area contributed by atoms with Crippen LogP contribution in [0.3, 0.4) is 0 Å². The van der Waals surface area contributed by atoms with Gasteiger partial charge in [0.2, 0.25) is 5.95 Å². The van der Waals surface area contributed by atoms with Crippen LogP contribution in [0.15, 0.2) is 76.2 Å². The number of aromatic nitrogens is 6. The van der Waals surface area contributed by atoms with E-state index in [0.717, 1.165) is 61.5 Å². The highest BCUT2D eigenvalue weighted by Gasteiger charge is 2.44. The Bertz CT molecular complexity index is 1900. The quantitative estimate of drug-likeness (QED) is 0.228. The maximum atomic E-state index is 12.9. The zero-order chi connectivity index (χ0) is 29.7. The number of aliphatic hydroxyl groups is 1. The minimum atomic E-state index is -0.425. The molecule has 4 aliphatic heterocycles. The van der Waals surface area contributed by atoms with Crippen molar-refractivity contribution in [3.05, 3.63) is 88.6 Å². The normalized spacial score (nSPS) is 21.3. The van der Waals surface area contributed by atoms with Gasteiger partial charge in [-0.3, -0.25) is 9.48 Å². The molecule has 4 aliphatic rings. The molecule has 2 aromatic carbocycles. The first-order valence-corrected chi connectivity index (χ1v) is 15.1. The summed E-state index contributed by atoms with van der Waals surface area (Å²) >= 11 is 0. The number of anilines is 3. The van der Waals surface area contributed by atoms with Crippen molar-refractivity contribution in [3.8, 4) is 11.5 Å². The molecule has 44 heavy (non-hydrogen) atoms. The first kappa shape index (κ1) is 26.8. The average Bonchev–Trinajstić information content (AvgIpc) is 3.69. The average molecular weight is 592 g/mol. The predicted octanol–water partition coefficient (Wildman–Crippen LogP) is 3.84. The number of hydrogen-bond acceptors (Lipinski definition) is 10. The van der Waals surface area contributed by atoms with E-state index in [0.29, 0.717) is 41.7 Å². The Morgan fingerprint density at radius 2 is 1.75 bits per heavy atom. The van der Waals surface area contributed by atoms with Crippen LogP contribution in [-0.2, 0) is 18.5 Å². The molecule has 1 atom stereocenters. The molecule has 3 aromatic heterocycles. The van der Waals surface area contributed by atoms with Crippen molar-refractivity contribution in [2.45, 2.75) is 43.8 Å². The summed E-state index contributed by atoms with van der Waals surface area (Å²) in [6, 6.07) is 14.9. The third kappa shape index (κ3) is 4.57. The Hall–Kier alpha value is -4.81. The Morgan fingerprint density at radius 3 is 2.52 bits per heavy atom. The fourth-order valence-corrected chi connectivity index (χ4v) is 6.74. The lowest BCUT2D eigenvalue weighted by Gasteiger charge is -2.46. The molecule has 3 fully saturated rings. The third-order valence-electron chi connectivity index (χ3n) is 9.35. The van der Waals surface area contributed by atoms with Gasteiger partial charge in [-0.1, -0.05) is 47.6 Å². The Morgan fingerprint density at radius 1 is 0.977 bits per heavy atom. The van der Waals surface area contributed by atoms with Gasteiger partial charge in [0, 0.05) is 17.3 Å². The molecular weight excluding hydrogens is 558 g/mol. The molecule has 12 nitrogen and oxygen atoms in total. The molecule has 2 bridgehead atoms. The van der Waals surface area contributed by atoms with Crippen LogP contribution < -0.4 is 16.2 Å². The minimum absolute atomic E-state index is 0.00352. The second-order valence-electron chi connectivity index (χ2n) is 11.8. The van der Waals surface area contributed by atoms with Crippen molar-refractivity contribution >= 4 is 28.4 Å². The van der Waals surface area contributed by atoms with Gasteiger partial charge in [0.1, 0.15) is 11.4 Å². The second-order valence-corrected chi connectivity index (χ2v) is 11.8. The number of piperidine rings is 3. The summed E-state index contributed by atoms with van der Waals surface area (Å²) in [6.07, 6.45) is 8.80. The van der Waals surface area contributed by atoms with E-state index in [1.54, 1.807) is 10.9 Å². The molecule has 3 saturated heterocycles. The van der Waals surface area contributed by atoms with Crippen molar-refractivity contribution in [1.29, 1.82) is 0 Å². The summed E-state index contributed by atoms with van der Waals surface area (Å²) < 4.78 is 9.58. The van der Waals surface area contributed by atoms with Gasteiger partial charge >= 0.3 is 0 Å². The van der Waals surface area contributed by atoms with E-state index in [4.69, 9.17) is 14.5 Å². The maximum Gasteiger partial charge on any atom is 0.274 e. The fraction of sp³-hybridized carbons (Fsp3) is 0.344. The molecular formula is C32H33N9O3. The number of benzene rings is 2. The maximum absolute atomic E-state index is 12.9. The molecule has 0 amide bonds. The monoisotopic (exact) mass is 591 g/mol. The van der Waals surface area contributed by atoms with Crippen LogP contribution >= 0.6 is 0 Å². The first-order valence-electron chi connectivity index (χ1n) is 15.1. The zero-order valence-corrected chi connectivity index (χ0v) is 24.2. The van der Waals surface area contributed by atoms with E-state index in [1.165, 1.54) is 0 Å². The standard InChI is InChI=1S/C32H33N9O3/c42-20-25(21-6-2-1-3-7-21)35-27-24(28-37-30(38-44-28)32-10-15-39(16-11-32)17-12-32)19-33-31(36-27)34-22-8-9-23-26(18-22)40-13-4-5-14-41(40)29(23)43/h1-9,18-19,25,42H,10-17,20H2,(H2,33,34,35,36)/t25-/m1/s1. The van der Waals surface area contributed by atoms with Gasteiger partial charge in [-0.15, -0.1) is 0 Å². The van der Waals surface area contributed by atoms with E-state index in [-0.39, 0.29) is 17.6 Å². The van der Waals surface area contributed by atoms with Gasteiger partial charge in [0.15, 0.2) is 5.82 Å². The van der Waals surface area contributed by atoms with Crippen molar-refractivity contribution in [3.63, 3.8) is 0 Å². The lowest BCUT2D eigenvalue weighted by Crippen LogP contribution is -2.51. The van der Waals surface area contributed by atoms with Crippen molar-refractivity contribution in [2.24, 2.45) is 0 Å². The molecule has 5 aromatic rings. The highest BCUT2D eigenvalue weighted by Crippen LogP contribution is 2.42. The SMILES string of the molecule is O=c1c2ccc(Nc3ncc(-c4nc(C56CCN(CC5)CC6)no4)c(N[C@H](CO)c4ccccc4)n3)cc2n2n1CC=CC2. The van der Waals surface area contributed by atoms with Crippen molar-refractivity contribution in [1.82, 2.24) is 34.4 Å². The van der Waals surface area contributed by atoms with Crippen LogP contribution in [0.2, 0.25) is 0 Å². The lowest BCUT2D eigenvalue weighted by atomic mass is 9.71. The van der Waals surface area contributed by atoms with E-state index >= 15 is 0 Å². The largest absolute Gasteiger partial charge is 0.394 e. The van der Waals surface area contributed by atoms with E-state index in [1.807, 2.05) is 59.3 Å². The summed E-state index contributed by atoms with van der Waals surface area (Å²) in [6.45, 7) is 4.20. The molecule has 9 rings (SSSR count). The molecule has 0 unspecified atom stereocenters. The van der Waals surface area contributed by atoms with Crippen LogP contribution in [0.25, 0.3) is 22.4 Å². The smallest absolute Gasteiger partial charge is 0.274 e. The molecule has 0 aliphatic carbocycles. The summed E-state index contributed by atoms with van der Waals surface area (Å²) in [4.78, 5) is 29.7. The Labute approximate surface area is 253 Å².